The molecule has 0 spiro atoms. The maximum Gasteiger partial charge on any atom is 0.322 e. The number of hydrogen-bond acceptors (Lipinski definition) is 1. The van der Waals surface area contributed by atoms with Gasteiger partial charge in [-0.3, -0.25) is 0 Å². The molecule has 3 aromatic rings. The minimum atomic E-state index is -0.248. The van der Waals surface area contributed by atoms with Gasteiger partial charge in [-0.1, -0.05) is 44.2 Å². The van der Waals surface area contributed by atoms with E-state index in [9.17, 15) is 9.18 Å². The van der Waals surface area contributed by atoms with Gasteiger partial charge in [0.05, 0.1) is 6.54 Å². The van der Waals surface area contributed by atoms with E-state index in [2.05, 4.69) is 30.3 Å². The highest BCUT2D eigenvalue weighted by Crippen LogP contribution is 2.18. The molecule has 30 heavy (non-hydrogen) atoms. The van der Waals surface area contributed by atoms with Crippen LogP contribution in [0, 0.1) is 5.82 Å². The Bertz CT molecular complexity index is 974. The van der Waals surface area contributed by atoms with Crippen LogP contribution in [0.4, 0.5) is 14.9 Å². The predicted octanol–water partition coefficient (Wildman–Crippen LogP) is 6.02. The molecule has 0 aliphatic heterocycles. The fourth-order valence-corrected chi connectivity index (χ4v) is 3.26. The first-order chi connectivity index (χ1) is 14.5. The molecule has 0 unspecified atom stereocenters. The number of carbonyl (C=O) groups is 1. The van der Waals surface area contributed by atoms with Gasteiger partial charge in [0, 0.05) is 30.7 Å². The molecule has 0 saturated heterocycles. The van der Waals surface area contributed by atoms with Crippen LogP contribution in [0.2, 0.25) is 0 Å². The van der Waals surface area contributed by atoms with E-state index in [1.54, 1.807) is 23.1 Å². The van der Waals surface area contributed by atoms with E-state index < -0.39 is 0 Å². The third-order valence-electron chi connectivity index (χ3n) is 5.01. The van der Waals surface area contributed by atoms with Crippen LogP contribution in [0.15, 0.2) is 79.5 Å². The number of nitrogens with one attached hydrogen (secondary N) is 1. The Balaban J connectivity index is 1.69. The maximum atomic E-state index is 13.2. The summed E-state index contributed by atoms with van der Waals surface area (Å²) in [6.45, 7) is 9.55. The van der Waals surface area contributed by atoms with Crippen molar-refractivity contribution in [3.63, 3.8) is 0 Å². The van der Waals surface area contributed by atoms with Gasteiger partial charge in [-0.15, -0.1) is 6.58 Å². The lowest BCUT2D eigenvalue weighted by molar-refractivity contribution is 0.214. The summed E-state index contributed by atoms with van der Waals surface area (Å²) < 4.78 is 15.2. The van der Waals surface area contributed by atoms with Gasteiger partial charge in [0.2, 0.25) is 0 Å². The third-order valence-corrected chi connectivity index (χ3v) is 5.01. The van der Waals surface area contributed by atoms with Crippen LogP contribution < -0.4 is 5.32 Å². The summed E-state index contributed by atoms with van der Waals surface area (Å²) in [5, 5.41) is 2.97. The Morgan fingerprint density at radius 1 is 1.13 bits per heavy atom. The van der Waals surface area contributed by atoms with E-state index in [1.165, 1.54) is 17.7 Å². The molecular weight excluding hydrogens is 377 g/mol. The van der Waals surface area contributed by atoms with Crippen LogP contribution in [0.25, 0.3) is 0 Å². The van der Waals surface area contributed by atoms with Gasteiger partial charge in [0.25, 0.3) is 0 Å². The summed E-state index contributed by atoms with van der Waals surface area (Å²) in [6, 6.07) is 18.1. The largest absolute Gasteiger partial charge is 0.345 e. The first kappa shape index (κ1) is 21.4. The molecule has 2 amide bonds. The Hall–Kier alpha value is -3.34. The zero-order valence-corrected chi connectivity index (χ0v) is 17.5. The molecule has 0 aliphatic rings. The van der Waals surface area contributed by atoms with Crippen molar-refractivity contribution in [2.75, 3.05) is 11.9 Å². The van der Waals surface area contributed by atoms with Crippen LogP contribution in [0.1, 0.15) is 36.6 Å². The number of nitrogens with zero attached hydrogens (tertiary/aromatic N) is 2. The number of anilines is 1. The Morgan fingerprint density at radius 2 is 1.83 bits per heavy atom. The molecule has 0 radical (unpaired) electrons. The van der Waals surface area contributed by atoms with Crippen molar-refractivity contribution in [2.24, 2.45) is 0 Å². The highest BCUT2D eigenvalue weighted by Gasteiger charge is 2.15. The molecule has 0 bridgehead atoms. The van der Waals surface area contributed by atoms with E-state index in [4.69, 9.17) is 0 Å². The average Bonchev–Trinajstić information content (AvgIpc) is 3.16. The van der Waals surface area contributed by atoms with Crippen molar-refractivity contribution in [3.8, 4) is 0 Å². The number of benzene rings is 2. The second-order valence-electron chi connectivity index (χ2n) is 7.63. The van der Waals surface area contributed by atoms with Gasteiger partial charge in [-0.2, -0.15) is 0 Å². The van der Waals surface area contributed by atoms with Crippen LogP contribution in [-0.2, 0) is 13.1 Å². The fraction of sp³-hybridized carbons (Fsp3) is 0.240. The lowest BCUT2D eigenvalue weighted by atomic mass is 10.0. The lowest BCUT2D eigenvalue weighted by Crippen LogP contribution is -2.35. The highest BCUT2D eigenvalue weighted by molar-refractivity contribution is 5.89. The first-order valence-electron chi connectivity index (χ1n) is 10.1. The quantitative estimate of drug-likeness (QED) is 0.457. The Labute approximate surface area is 177 Å². The number of halogens is 1. The van der Waals surface area contributed by atoms with Gasteiger partial charge in [-0.05, 0) is 53.4 Å². The maximum absolute atomic E-state index is 13.2. The zero-order valence-electron chi connectivity index (χ0n) is 17.5. The SMILES string of the molecule is C=CCN(Cc1cccn1Cc1ccc(F)cc1)C(=O)Nc1ccc(C(C)C)cc1. The van der Waals surface area contributed by atoms with Crippen LogP contribution in [0.5, 0.6) is 0 Å². The molecule has 5 heteroatoms. The minimum Gasteiger partial charge on any atom is -0.345 e. The van der Waals surface area contributed by atoms with E-state index in [-0.39, 0.29) is 11.8 Å². The predicted molar refractivity (Wildman–Crippen MR) is 120 cm³/mol. The van der Waals surface area contributed by atoms with Crippen molar-refractivity contribution in [1.29, 1.82) is 0 Å². The second-order valence-corrected chi connectivity index (χ2v) is 7.63. The van der Waals surface area contributed by atoms with Crippen molar-refractivity contribution < 1.29 is 9.18 Å². The highest BCUT2D eigenvalue weighted by atomic mass is 19.1. The van der Waals surface area contributed by atoms with Gasteiger partial charge < -0.3 is 14.8 Å². The number of aromatic nitrogens is 1. The molecule has 1 N–H and O–H groups in total. The van der Waals surface area contributed by atoms with E-state index in [1.807, 2.05) is 42.6 Å². The van der Waals surface area contributed by atoms with Gasteiger partial charge >= 0.3 is 6.03 Å². The zero-order chi connectivity index (χ0) is 21.5. The molecule has 2 aromatic carbocycles. The third kappa shape index (κ3) is 5.60. The molecule has 0 fully saturated rings. The summed E-state index contributed by atoms with van der Waals surface area (Å²) in [7, 11) is 0. The van der Waals surface area contributed by atoms with E-state index in [0.29, 0.717) is 25.6 Å². The standard InChI is InChI=1S/C25H28FN3O/c1-4-15-29(25(30)27-23-13-9-21(10-14-23)19(2)3)18-24-6-5-16-28(24)17-20-7-11-22(26)12-8-20/h4-14,16,19H,1,15,17-18H2,2-3H3,(H,27,30). The van der Waals surface area contributed by atoms with Crippen molar-refractivity contribution in [2.45, 2.75) is 32.9 Å². The normalized spacial score (nSPS) is 10.8. The van der Waals surface area contributed by atoms with Crippen molar-refractivity contribution in [1.82, 2.24) is 9.47 Å². The number of rotatable bonds is 8. The molecule has 4 nitrogen and oxygen atoms in total. The van der Waals surface area contributed by atoms with Crippen LogP contribution >= 0.6 is 0 Å². The molecule has 0 atom stereocenters. The summed E-state index contributed by atoms with van der Waals surface area (Å²) in [6.07, 6.45) is 3.68. The monoisotopic (exact) mass is 405 g/mol. The van der Waals surface area contributed by atoms with Gasteiger partial charge in [0.15, 0.2) is 0 Å². The molecule has 0 aliphatic carbocycles. The molecule has 156 valence electrons. The molecular formula is C25H28FN3O. The number of hydrogen-bond donors (Lipinski definition) is 1. The summed E-state index contributed by atoms with van der Waals surface area (Å²) in [4.78, 5) is 14.6. The first-order valence-corrected chi connectivity index (χ1v) is 10.1. The number of carbonyl (C=O) groups excluding carboxylic acids is 1. The average molecular weight is 406 g/mol. The van der Waals surface area contributed by atoms with E-state index >= 15 is 0 Å². The van der Waals surface area contributed by atoms with Crippen molar-refractivity contribution in [3.05, 3.63) is 102 Å². The Kier molecular flexibility index (Phi) is 7.07. The molecule has 1 aromatic heterocycles. The van der Waals surface area contributed by atoms with Gasteiger partial charge in [0.1, 0.15) is 5.82 Å². The smallest absolute Gasteiger partial charge is 0.322 e. The number of amides is 2. The molecule has 3 rings (SSSR count). The summed E-state index contributed by atoms with van der Waals surface area (Å²) >= 11 is 0. The topological polar surface area (TPSA) is 37.3 Å². The summed E-state index contributed by atoms with van der Waals surface area (Å²) in [5.41, 5.74) is 3.99. The number of urea groups is 1. The molecule has 1 heterocycles. The van der Waals surface area contributed by atoms with E-state index in [0.717, 1.165) is 16.9 Å². The lowest BCUT2D eigenvalue weighted by Gasteiger charge is -2.23. The van der Waals surface area contributed by atoms with Crippen LogP contribution in [0.3, 0.4) is 0 Å². The molecule has 0 saturated carbocycles. The fourth-order valence-electron chi connectivity index (χ4n) is 3.26. The Morgan fingerprint density at radius 3 is 2.47 bits per heavy atom. The minimum absolute atomic E-state index is 0.179. The van der Waals surface area contributed by atoms with Crippen molar-refractivity contribution >= 4 is 11.7 Å². The van der Waals surface area contributed by atoms with Crippen LogP contribution in [-0.4, -0.2) is 22.0 Å². The van der Waals surface area contributed by atoms with Gasteiger partial charge in [-0.25, -0.2) is 9.18 Å². The second kappa shape index (κ2) is 9.92. The summed E-state index contributed by atoms with van der Waals surface area (Å²) in [5.74, 6) is 0.197.